The Bertz CT molecular complexity index is 372. The van der Waals surface area contributed by atoms with Crippen molar-refractivity contribution in [2.75, 3.05) is 12.9 Å². The number of benzene rings is 1. The number of methoxy groups -OCH3 is 1. The molecule has 1 aromatic carbocycles. The molecule has 0 radical (unpaired) electrons. The zero-order valence-corrected chi connectivity index (χ0v) is 11.5. The van der Waals surface area contributed by atoms with E-state index in [9.17, 15) is 4.79 Å². The molecule has 0 heterocycles. The van der Waals surface area contributed by atoms with E-state index in [-0.39, 0.29) is 5.91 Å². The van der Waals surface area contributed by atoms with Gasteiger partial charge < -0.3 is 4.74 Å². The van der Waals surface area contributed by atoms with Crippen LogP contribution in [0, 0.1) is 0 Å². The van der Waals surface area contributed by atoms with E-state index in [4.69, 9.17) is 10.6 Å². The molecule has 4 nitrogen and oxygen atoms in total. The number of rotatable bonds is 8. The molecule has 0 saturated carbocycles. The minimum atomic E-state index is -0.0875. The number of ether oxygens (including phenoxy) is 1. The summed E-state index contributed by atoms with van der Waals surface area (Å²) in [5.74, 6) is 6.85. The summed E-state index contributed by atoms with van der Waals surface area (Å²) in [6.45, 7) is 0. The van der Waals surface area contributed by atoms with Crippen molar-refractivity contribution < 1.29 is 9.53 Å². The van der Waals surface area contributed by atoms with E-state index in [1.54, 1.807) is 7.11 Å². The van der Waals surface area contributed by atoms with Gasteiger partial charge in [-0.2, -0.15) is 0 Å². The maximum atomic E-state index is 10.9. The summed E-state index contributed by atoms with van der Waals surface area (Å²) >= 11 is 1.81. The van der Waals surface area contributed by atoms with Gasteiger partial charge in [-0.15, -0.1) is 11.8 Å². The van der Waals surface area contributed by atoms with Gasteiger partial charge in [0.05, 0.1) is 7.11 Å². The number of nitrogens with one attached hydrogen (secondary N) is 1. The first-order valence-electron chi connectivity index (χ1n) is 6.02. The number of amides is 1. The standard InChI is InChI=1S/C13H20N2O2S/c1-17-11-6-5-7-12(10-11)18-9-4-2-3-8-13(16)15-14/h5-7,10H,2-4,8-9,14H2,1H3,(H,15,16). The Morgan fingerprint density at radius 3 is 2.94 bits per heavy atom. The molecule has 0 spiro atoms. The van der Waals surface area contributed by atoms with Crippen molar-refractivity contribution >= 4 is 17.7 Å². The highest BCUT2D eigenvalue weighted by Crippen LogP contribution is 2.23. The number of hydrogen-bond donors (Lipinski definition) is 2. The van der Waals surface area contributed by atoms with Crippen LogP contribution in [0.5, 0.6) is 5.75 Å². The van der Waals surface area contributed by atoms with Gasteiger partial charge in [-0.3, -0.25) is 10.2 Å². The highest BCUT2D eigenvalue weighted by Gasteiger charge is 1.99. The van der Waals surface area contributed by atoms with Crippen molar-refractivity contribution in [1.82, 2.24) is 5.43 Å². The topological polar surface area (TPSA) is 64.3 Å². The van der Waals surface area contributed by atoms with Crippen LogP contribution in [0.15, 0.2) is 29.2 Å². The molecule has 5 heteroatoms. The van der Waals surface area contributed by atoms with E-state index in [0.29, 0.717) is 6.42 Å². The van der Waals surface area contributed by atoms with Crippen LogP contribution in [0.4, 0.5) is 0 Å². The number of nitrogens with two attached hydrogens (primary N) is 1. The molecule has 0 aliphatic rings. The van der Waals surface area contributed by atoms with Crippen LogP contribution < -0.4 is 16.0 Å². The quantitative estimate of drug-likeness (QED) is 0.250. The monoisotopic (exact) mass is 268 g/mol. The van der Waals surface area contributed by atoms with Crippen molar-refractivity contribution in [3.05, 3.63) is 24.3 Å². The lowest BCUT2D eigenvalue weighted by Gasteiger charge is -2.04. The van der Waals surface area contributed by atoms with Crippen molar-refractivity contribution in [3.8, 4) is 5.75 Å². The minimum Gasteiger partial charge on any atom is -0.497 e. The van der Waals surface area contributed by atoms with Crippen molar-refractivity contribution in [2.24, 2.45) is 5.84 Å². The first kappa shape index (κ1) is 14.9. The molecule has 1 aromatic rings. The molecule has 0 fully saturated rings. The number of hydrazine groups is 1. The second-order valence-corrected chi connectivity index (χ2v) is 5.07. The van der Waals surface area contributed by atoms with Crippen molar-refractivity contribution in [3.63, 3.8) is 0 Å². The lowest BCUT2D eigenvalue weighted by Crippen LogP contribution is -2.29. The Labute approximate surface area is 112 Å². The lowest BCUT2D eigenvalue weighted by atomic mass is 10.2. The van der Waals surface area contributed by atoms with Gasteiger partial charge in [0.25, 0.3) is 0 Å². The van der Waals surface area contributed by atoms with Crippen LogP contribution in [0.3, 0.4) is 0 Å². The number of thioether (sulfide) groups is 1. The van der Waals surface area contributed by atoms with Crippen LogP contribution in [-0.2, 0) is 4.79 Å². The summed E-state index contributed by atoms with van der Waals surface area (Å²) in [6.07, 6.45) is 3.55. The molecule has 0 aromatic heterocycles. The maximum Gasteiger partial charge on any atom is 0.233 e. The fraction of sp³-hybridized carbons (Fsp3) is 0.462. The third-order valence-corrected chi connectivity index (χ3v) is 3.60. The molecule has 0 saturated heterocycles. The number of unbranched alkanes of at least 4 members (excludes halogenated alkanes) is 2. The Hall–Kier alpha value is -1.20. The van der Waals surface area contributed by atoms with Gasteiger partial charge in [0, 0.05) is 11.3 Å². The van der Waals surface area contributed by atoms with Crippen LogP contribution in [0.25, 0.3) is 0 Å². The molecular weight excluding hydrogens is 248 g/mol. The van der Waals surface area contributed by atoms with Crippen molar-refractivity contribution in [1.29, 1.82) is 0 Å². The summed E-state index contributed by atoms with van der Waals surface area (Å²) in [5.41, 5.74) is 2.14. The first-order valence-corrected chi connectivity index (χ1v) is 7.01. The second-order valence-electron chi connectivity index (χ2n) is 3.91. The van der Waals surface area contributed by atoms with Gasteiger partial charge in [0.1, 0.15) is 5.75 Å². The summed E-state index contributed by atoms with van der Waals surface area (Å²) in [7, 11) is 1.67. The first-order chi connectivity index (χ1) is 8.76. The molecule has 18 heavy (non-hydrogen) atoms. The Kier molecular flexibility index (Phi) is 7.29. The fourth-order valence-corrected chi connectivity index (χ4v) is 2.48. The molecule has 0 atom stereocenters. The predicted molar refractivity (Wildman–Crippen MR) is 74.5 cm³/mol. The van der Waals surface area contributed by atoms with Gasteiger partial charge in [-0.1, -0.05) is 12.5 Å². The molecule has 0 bridgehead atoms. The average molecular weight is 268 g/mol. The third-order valence-electron chi connectivity index (χ3n) is 2.52. The minimum absolute atomic E-state index is 0.0875. The average Bonchev–Trinajstić information content (AvgIpc) is 2.42. The predicted octanol–water partition coefficient (Wildman–Crippen LogP) is 2.34. The van der Waals surface area contributed by atoms with Gasteiger partial charge >= 0.3 is 0 Å². The molecule has 0 aliphatic heterocycles. The van der Waals surface area contributed by atoms with E-state index < -0.39 is 0 Å². The largest absolute Gasteiger partial charge is 0.497 e. The summed E-state index contributed by atoms with van der Waals surface area (Å²) in [4.78, 5) is 12.1. The van der Waals surface area contributed by atoms with Crippen LogP contribution in [-0.4, -0.2) is 18.8 Å². The fourth-order valence-electron chi connectivity index (χ4n) is 1.52. The zero-order chi connectivity index (χ0) is 13.2. The number of carbonyl (C=O) groups is 1. The van der Waals surface area contributed by atoms with Crippen LogP contribution >= 0.6 is 11.8 Å². The summed E-state index contributed by atoms with van der Waals surface area (Å²) in [6, 6.07) is 8.05. The second kappa shape index (κ2) is 8.83. The molecule has 0 unspecified atom stereocenters. The van der Waals surface area contributed by atoms with Gasteiger partial charge in [-0.05, 0) is 36.8 Å². The summed E-state index contributed by atoms with van der Waals surface area (Å²) in [5, 5.41) is 0. The normalized spacial score (nSPS) is 10.1. The van der Waals surface area contributed by atoms with E-state index in [0.717, 1.165) is 30.8 Å². The van der Waals surface area contributed by atoms with E-state index >= 15 is 0 Å². The number of hydrogen-bond acceptors (Lipinski definition) is 4. The number of carbonyl (C=O) groups excluding carboxylic acids is 1. The van der Waals surface area contributed by atoms with Crippen LogP contribution in [0.1, 0.15) is 25.7 Å². The molecule has 1 amide bonds. The van der Waals surface area contributed by atoms with Crippen molar-refractivity contribution in [2.45, 2.75) is 30.6 Å². The zero-order valence-electron chi connectivity index (χ0n) is 10.6. The lowest BCUT2D eigenvalue weighted by molar-refractivity contribution is -0.121. The third kappa shape index (κ3) is 5.93. The maximum absolute atomic E-state index is 10.9. The summed E-state index contributed by atoms with van der Waals surface area (Å²) < 4.78 is 5.17. The SMILES string of the molecule is COc1cccc(SCCCCCC(=O)NN)c1. The van der Waals surface area contributed by atoms with Gasteiger partial charge in [0.15, 0.2) is 0 Å². The molecule has 0 aliphatic carbocycles. The van der Waals surface area contributed by atoms with Gasteiger partial charge in [0.2, 0.25) is 5.91 Å². The highest BCUT2D eigenvalue weighted by atomic mass is 32.2. The Morgan fingerprint density at radius 2 is 2.22 bits per heavy atom. The smallest absolute Gasteiger partial charge is 0.233 e. The Balaban J connectivity index is 2.12. The molecule has 1 rings (SSSR count). The Morgan fingerprint density at radius 1 is 1.39 bits per heavy atom. The van der Waals surface area contributed by atoms with E-state index in [1.807, 2.05) is 30.0 Å². The highest BCUT2D eigenvalue weighted by molar-refractivity contribution is 7.99. The van der Waals surface area contributed by atoms with E-state index in [1.165, 1.54) is 4.90 Å². The van der Waals surface area contributed by atoms with E-state index in [2.05, 4.69) is 11.5 Å². The van der Waals surface area contributed by atoms with Gasteiger partial charge in [-0.25, -0.2) is 5.84 Å². The molecular formula is C13H20N2O2S. The molecule has 100 valence electrons. The van der Waals surface area contributed by atoms with Crippen LogP contribution in [0.2, 0.25) is 0 Å². The molecule has 3 N–H and O–H groups in total.